The quantitative estimate of drug-likeness (QED) is 0.753. The number of aliphatic carboxylic acids is 1. The number of carboxylic acids is 1. The van der Waals surface area contributed by atoms with Crippen LogP contribution in [-0.2, 0) is 4.79 Å². The molecule has 1 aromatic rings. The lowest BCUT2D eigenvalue weighted by atomic mass is 9.96. The summed E-state index contributed by atoms with van der Waals surface area (Å²) in [6.45, 7) is 8.28. The van der Waals surface area contributed by atoms with E-state index in [9.17, 15) is 4.79 Å². The average molecular weight is 279 g/mol. The second-order valence-electron chi connectivity index (χ2n) is 5.68. The maximum absolute atomic E-state index is 10.9. The number of hydrogen-bond donors (Lipinski definition) is 2. The van der Waals surface area contributed by atoms with Crippen molar-refractivity contribution < 1.29 is 14.6 Å². The van der Waals surface area contributed by atoms with Crippen molar-refractivity contribution in [1.29, 1.82) is 0 Å². The molecule has 0 aliphatic rings. The molecule has 0 spiro atoms. The summed E-state index contributed by atoms with van der Waals surface area (Å²) in [6, 6.07) is 4.14. The SMILES string of the molecule is Cc1ccc(C)c(OCCCCC(C)(N)C(=O)O)c1C. The number of rotatable bonds is 7. The van der Waals surface area contributed by atoms with Gasteiger partial charge in [-0.05, 0) is 63.6 Å². The third kappa shape index (κ3) is 4.23. The topological polar surface area (TPSA) is 72.5 Å². The van der Waals surface area contributed by atoms with Crippen molar-refractivity contribution in [1.82, 2.24) is 0 Å². The van der Waals surface area contributed by atoms with E-state index < -0.39 is 11.5 Å². The van der Waals surface area contributed by atoms with E-state index in [2.05, 4.69) is 26.0 Å². The molecule has 112 valence electrons. The highest BCUT2D eigenvalue weighted by molar-refractivity contribution is 5.77. The van der Waals surface area contributed by atoms with Gasteiger partial charge in [0.25, 0.3) is 0 Å². The van der Waals surface area contributed by atoms with Crippen molar-refractivity contribution in [3.05, 3.63) is 28.8 Å². The van der Waals surface area contributed by atoms with E-state index in [0.29, 0.717) is 13.0 Å². The minimum Gasteiger partial charge on any atom is -0.493 e. The van der Waals surface area contributed by atoms with E-state index in [1.807, 2.05) is 6.92 Å². The molecule has 1 aromatic carbocycles. The zero-order valence-electron chi connectivity index (χ0n) is 12.8. The van der Waals surface area contributed by atoms with Gasteiger partial charge in [0.05, 0.1) is 6.61 Å². The number of carbonyl (C=O) groups is 1. The van der Waals surface area contributed by atoms with Crippen LogP contribution >= 0.6 is 0 Å². The monoisotopic (exact) mass is 279 g/mol. The Bertz CT molecular complexity index is 481. The van der Waals surface area contributed by atoms with Crippen LogP contribution in [0.2, 0.25) is 0 Å². The fourth-order valence-electron chi connectivity index (χ4n) is 2.02. The van der Waals surface area contributed by atoms with Crippen molar-refractivity contribution in [2.24, 2.45) is 5.73 Å². The van der Waals surface area contributed by atoms with Gasteiger partial charge < -0.3 is 15.6 Å². The summed E-state index contributed by atoms with van der Waals surface area (Å²) < 4.78 is 5.84. The molecule has 0 aliphatic carbocycles. The molecule has 0 amide bonds. The molecule has 0 aromatic heterocycles. The minimum atomic E-state index is -1.14. The molecule has 1 rings (SSSR count). The first-order valence-corrected chi connectivity index (χ1v) is 6.97. The molecule has 3 N–H and O–H groups in total. The molecule has 0 radical (unpaired) electrons. The Hall–Kier alpha value is -1.55. The molecule has 20 heavy (non-hydrogen) atoms. The van der Waals surface area contributed by atoms with E-state index in [1.54, 1.807) is 6.92 Å². The van der Waals surface area contributed by atoms with Gasteiger partial charge in [0.2, 0.25) is 0 Å². The largest absolute Gasteiger partial charge is 0.493 e. The standard InChI is InChI=1S/C16H25NO3/c1-11-7-8-12(2)14(13(11)3)20-10-6-5-9-16(4,17)15(18)19/h7-8H,5-6,9-10,17H2,1-4H3,(H,18,19). The first-order valence-electron chi connectivity index (χ1n) is 6.97. The Morgan fingerprint density at radius 2 is 1.85 bits per heavy atom. The van der Waals surface area contributed by atoms with E-state index in [4.69, 9.17) is 15.6 Å². The van der Waals surface area contributed by atoms with Crippen LogP contribution in [0.1, 0.15) is 42.9 Å². The molecule has 0 fully saturated rings. The Balaban J connectivity index is 2.43. The van der Waals surface area contributed by atoms with Crippen molar-refractivity contribution in [3.8, 4) is 5.75 Å². The highest BCUT2D eigenvalue weighted by Crippen LogP contribution is 2.26. The van der Waals surface area contributed by atoms with Gasteiger partial charge in [-0.3, -0.25) is 4.79 Å². The maximum atomic E-state index is 10.9. The predicted molar refractivity (Wildman–Crippen MR) is 80.2 cm³/mol. The Morgan fingerprint density at radius 3 is 2.45 bits per heavy atom. The lowest BCUT2D eigenvalue weighted by molar-refractivity contribution is -0.142. The zero-order valence-corrected chi connectivity index (χ0v) is 12.8. The fourth-order valence-corrected chi connectivity index (χ4v) is 2.02. The van der Waals surface area contributed by atoms with E-state index >= 15 is 0 Å². The predicted octanol–water partition coefficient (Wildman–Crippen LogP) is 2.96. The van der Waals surface area contributed by atoms with Gasteiger partial charge in [-0.15, -0.1) is 0 Å². The van der Waals surface area contributed by atoms with Crippen molar-refractivity contribution >= 4 is 5.97 Å². The number of hydrogen-bond acceptors (Lipinski definition) is 3. The molecule has 0 aliphatic heterocycles. The summed E-state index contributed by atoms with van der Waals surface area (Å²) in [4.78, 5) is 10.9. The van der Waals surface area contributed by atoms with E-state index in [0.717, 1.165) is 24.2 Å². The summed E-state index contributed by atoms with van der Waals surface area (Å²) in [5.74, 6) is -0.0115. The van der Waals surface area contributed by atoms with Gasteiger partial charge in [-0.25, -0.2) is 0 Å². The molecule has 0 heterocycles. The molecular weight excluding hydrogens is 254 g/mol. The first kappa shape index (κ1) is 16.5. The van der Waals surface area contributed by atoms with Crippen LogP contribution in [0, 0.1) is 20.8 Å². The molecular formula is C16H25NO3. The highest BCUT2D eigenvalue weighted by atomic mass is 16.5. The fraction of sp³-hybridized carbons (Fsp3) is 0.562. The number of unbranched alkanes of at least 4 members (excludes halogenated alkanes) is 1. The third-order valence-corrected chi connectivity index (χ3v) is 3.70. The number of carboxylic acid groups (broad SMARTS) is 1. The summed E-state index contributed by atoms with van der Waals surface area (Å²) in [5.41, 5.74) is 8.04. The molecule has 4 nitrogen and oxygen atoms in total. The first-order chi connectivity index (χ1) is 9.25. The zero-order chi connectivity index (χ0) is 15.3. The van der Waals surface area contributed by atoms with Crippen molar-refractivity contribution in [3.63, 3.8) is 0 Å². The van der Waals surface area contributed by atoms with Crippen molar-refractivity contribution in [2.75, 3.05) is 6.61 Å². The Kier molecular flexibility index (Phi) is 5.57. The summed E-state index contributed by atoms with van der Waals surface area (Å²) in [7, 11) is 0. The third-order valence-electron chi connectivity index (χ3n) is 3.70. The molecule has 1 unspecified atom stereocenters. The van der Waals surface area contributed by atoms with Gasteiger partial charge in [0.1, 0.15) is 11.3 Å². The normalized spacial score (nSPS) is 13.8. The van der Waals surface area contributed by atoms with Crippen molar-refractivity contribution in [2.45, 2.75) is 52.5 Å². The van der Waals surface area contributed by atoms with Crippen LogP contribution in [0.5, 0.6) is 5.75 Å². The summed E-state index contributed by atoms with van der Waals surface area (Å²) >= 11 is 0. The van der Waals surface area contributed by atoms with Crippen LogP contribution in [0.4, 0.5) is 0 Å². The average Bonchev–Trinajstić information content (AvgIpc) is 2.37. The lowest BCUT2D eigenvalue weighted by Crippen LogP contribution is -2.44. The smallest absolute Gasteiger partial charge is 0.323 e. The van der Waals surface area contributed by atoms with Crippen LogP contribution < -0.4 is 10.5 Å². The van der Waals surface area contributed by atoms with Gasteiger partial charge in [-0.2, -0.15) is 0 Å². The van der Waals surface area contributed by atoms with E-state index in [-0.39, 0.29) is 0 Å². The summed E-state index contributed by atoms with van der Waals surface area (Å²) in [6.07, 6.45) is 1.99. The number of benzene rings is 1. The van der Waals surface area contributed by atoms with Gasteiger partial charge in [0.15, 0.2) is 0 Å². The van der Waals surface area contributed by atoms with E-state index in [1.165, 1.54) is 11.1 Å². The molecule has 4 heteroatoms. The summed E-state index contributed by atoms with van der Waals surface area (Å²) in [5, 5.41) is 8.92. The highest BCUT2D eigenvalue weighted by Gasteiger charge is 2.26. The van der Waals surface area contributed by atoms with Crippen LogP contribution in [0.15, 0.2) is 12.1 Å². The molecule has 1 atom stereocenters. The minimum absolute atomic E-state index is 0.456. The van der Waals surface area contributed by atoms with Crippen LogP contribution in [0.25, 0.3) is 0 Å². The number of ether oxygens (including phenoxy) is 1. The molecule has 0 saturated carbocycles. The number of nitrogens with two attached hydrogens (primary N) is 1. The van der Waals surface area contributed by atoms with Gasteiger partial charge >= 0.3 is 5.97 Å². The molecule has 0 bridgehead atoms. The molecule has 0 saturated heterocycles. The maximum Gasteiger partial charge on any atom is 0.323 e. The second-order valence-corrected chi connectivity index (χ2v) is 5.68. The second kappa shape index (κ2) is 6.75. The Labute approximate surface area is 120 Å². The van der Waals surface area contributed by atoms with Crippen LogP contribution in [-0.4, -0.2) is 23.2 Å². The lowest BCUT2D eigenvalue weighted by Gasteiger charge is -2.19. The number of aryl methyl sites for hydroxylation is 2. The van der Waals surface area contributed by atoms with Gasteiger partial charge in [-0.1, -0.05) is 12.1 Å². The van der Waals surface area contributed by atoms with Gasteiger partial charge in [0, 0.05) is 0 Å². The Morgan fingerprint density at radius 1 is 1.25 bits per heavy atom. The van der Waals surface area contributed by atoms with Crippen LogP contribution in [0.3, 0.4) is 0 Å².